The molecular formula is C12H18BrClN2O2. The molecule has 0 bridgehead atoms. The first-order valence-corrected chi connectivity index (χ1v) is 6.41. The number of nitrogens with one attached hydrogen (secondary N) is 2. The van der Waals surface area contributed by atoms with E-state index >= 15 is 0 Å². The van der Waals surface area contributed by atoms with Crippen LogP contribution in [0.3, 0.4) is 0 Å². The predicted octanol–water partition coefficient (Wildman–Crippen LogP) is 2.12. The Labute approximate surface area is 122 Å². The molecule has 1 fully saturated rings. The second-order valence-corrected chi connectivity index (χ2v) is 4.79. The minimum atomic E-state index is 0. The van der Waals surface area contributed by atoms with Crippen molar-refractivity contribution in [3.63, 3.8) is 0 Å². The Morgan fingerprint density at radius 2 is 1.89 bits per heavy atom. The van der Waals surface area contributed by atoms with Gasteiger partial charge in [0.1, 0.15) is 11.5 Å². The fourth-order valence-electron chi connectivity index (χ4n) is 2.03. The predicted molar refractivity (Wildman–Crippen MR) is 78.1 cm³/mol. The van der Waals surface area contributed by atoms with Crippen LogP contribution in [0.2, 0.25) is 0 Å². The summed E-state index contributed by atoms with van der Waals surface area (Å²) in [5.41, 5.74) is 1.12. The zero-order valence-corrected chi connectivity index (χ0v) is 12.9. The summed E-state index contributed by atoms with van der Waals surface area (Å²) in [5, 5.41) is 6.83. The number of hydrogen-bond acceptors (Lipinski definition) is 4. The Hall–Kier alpha value is -0.490. The molecule has 0 amide bonds. The molecule has 1 atom stereocenters. The van der Waals surface area contributed by atoms with E-state index in [1.54, 1.807) is 14.2 Å². The molecule has 0 aliphatic carbocycles. The van der Waals surface area contributed by atoms with Gasteiger partial charge in [-0.3, -0.25) is 0 Å². The van der Waals surface area contributed by atoms with Gasteiger partial charge in [0.15, 0.2) is 0 Å². The van der Waals surface area contributed by atoms with Crippen molar-refractivity contribution in [2.45, 2.75) is 6.04 Å². The maximum atomic E-state index is 5.43. The first kappa shape index (κ1) is 15.6. The number of benzene rings is 1. The lowest BCUT2D eigenvalue weighted by Gasteiger charge is -2.26. The molecule has 1 aromatic carbocycles. The largest absolute Gasteiger partial charge is 0.496 e. The highest BCUT2D eigenvalue weighted by Crippen LogP contribution is 2.35. The first-order chi connectivity index (χ1) is 8.26. The Balaban J connectivity index is 0.00000162. The Morgan fingerprint density at radius 3 is 2.44 bits per heavy atom. The quantitative estimate of drug-likeness (QED) is 0.887. The Kier molecular flexibility index (Phi) is 6.21. The monoisotopic (exact) mass is 336 g/mol. The van der Waals surface area contributed by atoms with Gasteiger partial charge in [-0.2, -0.15) is 0 Å². The van der Waals surface area contributed by atoms with Gasteiger partial charge in [0.25, 0.3) is 0 Å². The van der Waals surface area contributed by atoms with Gasteiger partial charge in [-0.25, -0.2) is 0 Å². The highest BCUT2D eigenvalue weighted by atomic mass is 79.9. The summed E-state index contributed by atoms with van der Waals surface area (Å²) in [6.45, 7) is 2.87. The number of hydrogen-bond donors (Lipinski definition) is 2. The van der Waals surface area contributed by atoms with Gasteiger partial charge in [-0.05, 0) is 28.1 Å². The van der Waals surface area contributed by atoms with E-state index in [-0.39, 0.29) is 18.4 Å². The van der Waals surface area contributed by atoms with Crippen LogP contribution in [0.4, 0.5) is 0 Å². The van der Waals surface area contributed by atoms with E-state index in [1.807, 2.05) is 12.1 Å². The van der Waals surface area contributed by atoms with Crippen LogP contribution in [0, 0.1) is 0 Å². The Bertz CT molecular complexity index is 398. The van der Waals surface area contributed by atoms with Crippen molar-refractivity contribution < 1.29 is 9.47 Å². The van der Waals surface area contributed by atoms with Crippen molar-refractivity contribution in [3.05, 3.63) is 22.2 Å². The van der Waals surface area contributed by atoms with Gasteiger partial charge in [0, 0.05) is 31.2 Å². The third-order valence-electron chi connectivity index (χ3n) is 2.92. The fraction of sp³-hybridized carbons (Fsp3) is 0.500. The molecule has 1 aliphatic rings. The van der Waals surface area contributed by atoms with E-state index in [1.165, 1.54) is 0 Å². The normalized spacial score (nSPS) is 18.9. The van der Waals surface area contributed by atoms with Gasteiger partial charge >= 0.3 is 0 Å². The fourth-order valence-corrected chi connectivity index (χ4v) is 2.51. The van der Waals surface area contributed by atoms with Gasteiger partial charge in [-0.15, -0.1) is 12.4 Å². The molecule has 0 radical (unpaired) electrons. The van der Waals surface area contributed by atoms with Crippen LogP contribution < -0.4 is 20.1 Å². The summed E-state index contributed by atoms with van der Waals surface area (Å²) in [6, 6.07) is 4.23. The van der Waals surface area contributed by atoms with E-state index in [2.05, 4.69) is 26.6 Å². The zero-order chi connectivity index (χ0) is 12.3. The molecule has 0 aromatic heterocycles. The van der Waals surface area contributed by atoms with Gasteiger partial charge in [0.2, 0.25) is 0 Å². The lowest BCUT2D eigenvalue weighted by molar-refractivity contribution is 0.374. The lowest BCUT2D eigenvalue weighted by Crippen LogP contribution is -2.42. The highest BCUT2D eigenvalue weighted by Gasteiger charge is 2.20. The Morgan fingerprint density at radius 1 is 1.17 bits per heavy atom. The van der Waals surface area contributed by atoms with E-state index < -0.39 is 0 Å². The maximum Gasteiger partial charge on any atom is 0.133 e. The molecule has 1 aliphatic heterocycles. The summed E-state index contributed by atoms with van der Waals surface area (Å²) in [6.07, 6.45) is 0. The number of rotatable bonds is 3. The third kappa shape index (κ3) is 3.29. The molecule has 2 rings (SSSR count). The summed E-state index contributed by atoms with van der Waals surface area (Å²) in [4.78, 5) is 0. The van der Waals surface area contributed by atoms with Crippen molar-refractivity contribution in [3.8, 4) is 11.5 Å². The van der Waals surface area contributed by atoms with E-state index in [0.29, 0.717) is 0 Å². The zero-order valence-electron chi connectivity index (χ0n) is 10.5. The van der Waals surface area contributed by atoms with Crippen LogP contribution in [-0.2, 0) is 0 Å². The van der Waals surface area contributed by atoms with Crippen molar-refractivity contribution in [1.29, 1.82) is 0 Å². The van der Waals surface area contributed by atoms with Crippen LogP contribution in [0.5, 0.6) is 11.5 Å². The molecule has 1 aromatic rings. The second-order valence-electron chi connectivity index (χ2n) is 3.94. The van der Waals surface area contributed by atoms with Gasteiger partial charge < -0.3 is 20.1 Å². The van der Waals surface area contributed by atoms with Crippen LogP contribution >= 0.6 is 28.3 Å². The van der Waals surface area contributed by atoms with E-state index in [9.17, 15) is 0 Å². The molecule has 0 unspecified atom stereocenters. The smallest absolute Gasteiger partial charge is 0.133 e. The SMILES string of the molecule is COc1cc([C@@H]2CNCCN2)c(OC)cc1Br.Cl. The summed E-state index contributed by atoms with van der Waals surface area (Å²) in [5.74, 6) is 1.70. The number of halogens is 2. The molecule has 18 heavy (non-hydrogen) atoms. The van der Waals surface area contributed by atoms with Gasteiger partial charge in [0.05, 0.1) is 18.7 Å². The average molecular weight is 338 g/mol. The standard InChI is InChI=1S/C12H17BrN2O2.ClH/c1-16-11-6-9(13)12(17-2)5-8(11)10-7-14-3-4-15-10;/h5-6,10,14-15H,3-4,7H2,1-2H3;1H/t10-;/m0./s1. The van der Waals surface area contributed by atoms with Crippen LogP contribution in [0.15, 0.2) is 16.6 Å². The van der Waals surface area contributed by atoms with E-state index in [4.69, 9.17) is 9.47 Å². The topological polar surface area (TPSA) is 42.5 Å². The minimum absolute atomic E-state index is 0. The molecule has 2 N–H and O–H groups in total. The molecule has 4 nitrogen and oxygen atoms in total. The van der Waals surface area contributed by atoms with Crippen molar-refractivity contribution >= 4 is 28.3 Å². The summed E-state index contributed by atoms with van der Waals surface area (Å²) >= 11 is 3.47. The first-order valence-electron chi connectivity index (χ1n) is 5.61. The molecule has 0 spiro atoms. The molecule has 1 heterocycles. The summed E-state index contributed by atoms with van der Waals surface area (Å²) < 4.78 is 11.7. The minimum Gasteiger partial charge on any atom is -0.496 e. The van der Waals surface area contributed by atoms with Crippen molar-refractivity contribution in [2.75, 3.05) is 33.9 Å². The highest BCUT2D eigenvalue weighted by molar-refractivity contribution is 9.10. The maximum absolute atomic E-state index is 5.43. The van der Waals surface area contributed by atoms with Crippen molar-refractivity contribution in [1.82, 2.24) is 10.6 Å². The number of ether oxygens (including phenoxy) is 2. The molecule has 102 valence electrons. The van der Waals surface area contributed by atoms with Crippen LogP contribution in [-0.4, -0.2) is 33.9 Å². The molecule has 1 saturated heterocycles. The van der Waals surface area contributed by atoms with Gasteiger partial charge in [-0.1, -0.05) is 0 Å². The summed E-state index contributed by atoms with van der Waals surface area (Å²) in [7, 11) is 3.36. The molecule has 0 saturated carbocycles. The van der Waals surface area contributed by atoms with Crippen molar-refractivity contribution in [2.24, 2.45) is 0 Å². The van der Waals surface area contributed by atoms with E-state index in [0.717, 1.165) is 41.2 Å². The number of piperazine rings is 1. The lowest BCUT2D eigenvalue weighted by atomic mass is 10.0. The average Bonchev–Trinajstić information content (AvgIpc) is 2.39. The number of methoxy groups -OCH3 is 2. The molecular weight excluding hydrogens is 320 g/mol. The second kappa shape index (κ2) is 7.19. The third-order valence-corrected chi connectivity index (χ3v) is 3.54. The molecule has 6 heteroatoms. The van der Waals surface area contributed by atoms with Crippen LogP contribution in [0.25, 0.3) is 0 Å². The van der Waals surface area contributed by atoms with Crippen LogP contribution in [0.1, 0.15) is 11.6 Å².